The van der Waals surface area contributed by atoms with E-state index >= 15 is 0 Å². The van der Waals surface area contributed by atoms with Crippen LogP contribution < -0.4 is 11.1 Å². The minimum atomic E-state index is -3.50. The number of nitrogens with zero attached hydrogens (tertiary/aromatic N) is 3. The number of thioether (sulfide) groups is 1. The van der Waals surface area contributed by atoms with Gasteiger partial charge in [0.15, 0.2) is 4.34 Å². The summed E-state index contributed by atoms with van der Waals surface area (Å²) in [6.45, 7) is 1.08. The summed E-state index contributed by atoms with van der Waals surface area (Å²) in [6.07, 6.45) is 1.76. The Morgan fingerprint density at radius 2 is 2.08 bits per heavy atom. The van der Waals surface area contributed by atoms with E-state index in [2.05, 4.69) is 15.5 Å². The Kier molecular flexibility index (Phi) is 5.57. The Morgan fingerprint density at radius 1 is 1.32 bits per heavy atom. The highest BCUT2D eigenvalue weighted by Gasteiger charge is 2.27. The van der Waals surface area contributed by atoms with Crippen LogP contribution in [0.1, 0.15) is 12.8 Å². The van der Waals surface area contributed by atoms with E-state index in [9.17, 15) is 13.2 Å². The number of aromatic nitrogens is 2. The summed E-state index contributed by atoms with van der Waals surface area (Å²) in [6, 6.07) is 6.31. The van der Waals surface area contributed by atoms with Gasteiger partial charge in [-0.1, -0.05) is 29.2 Å². The highest BCUT2D eigenvalue weighted by Crippen LogP contribution is 2.25. The van der Waals surface area contributed by atoms with Crippen LogP contribution in [-0.4, -0.2) is 47.7 Å². The van der Waals surface area contributed by atoms with Crippen LogP contribution in [0.3, 0.4) is 0 Å². The first-order valence-electron chi connectivity index (χ1n) is 7.57. The highest BCUT2D eigenvalue weighted by atomic mass is 32.2. The maximum Gasteiger partial charge on any atom is 0.243 e. The van der Waals surface area contributed by atoms with E-state index in [-0.39, 0.29) is 16.6 Å². The first-order valence-corrected chi connectivity index (χ1v) is 10.8. The van der Waals surface area contributed by atoms with Crippen molar-refractivity contribution in [2.45, 2.75) is 22.1 Å². The van der Waals surface area contributed by atoms with Crippen molar-refractivity contribution in [1.82, 2.24) is 14.5 Å². The number of benzene rings is 1. The van der Waals surface area contributed by atoms with Gasteiger partial charge in [0, 0.05) is 18.8 Å². The number of nitrogens with one attached hydrogen (secondary N) is 1. The van der Waals surface area contributed by atoms with Crippen molar-refractivity contribution in [2.24, 2.45) is 0 Å². The van der Waals surface area contributed by atoms with Crippen molar-refractivity contribution in [3.8, 4) is 0 Å². The fraction of sp³-hybridized carbons (Fsp3) is 0.357. The van der Waals surface area contributed by atoms with E-state index in [1.165, 1.54) is 33.5 Å². The molecule has 1 aliphatic rings. The standard InChI is InChI=1S/C14H17N5O3S3/c15-13-17-18-14(24-13)23-9-12(20)16-10-4-3-5-11(8-10)25(21,22)19-6-1-2-7-19/h3-5,8H,1-2,6-7,9H2,(H2,15,17)(H,16,20). The monoisotopic (exact) mass is 399 g/mol. The van der Waals surface area contributed by atoms with Crippen molar-refractivity contribution in [2.75, 3.05) is 29.9 Å². The van der Waals surface area contributed by atoms with Gasteiger partial charge in [-0.25, -0.2) is 8.42 Å². The van der Waals surface area contributed by atoms with Crippen molar-refractivity contribution < 1.29 is 13.2 Å². The van der Waals surface area contributed by atoms with E-state index < -0.39 is 10.0 Å². The molecule has 1 saturated heterocycles. The average molecular weight is 400 g/mol. The van der Waals surface area contributed by atoms with Gasteiger partial charge < -0.3 is 11.1 Å². The number of carbonyl (C=O) groups is 1. The predicted molar refractivity (Wildman–Crippen MR) is 98.1 cm³/mol. The van der Waals surface area contributed by atoms with Crippen LogP contribution in [0.25, 0.3) is 0 Å². The normalized spacial score (nSPS) is 15.4. The van der Waals surface area contributed by atoms with Gasteiger partial charge in [-0.05, 0) is 31.0 Å². The number of nitrogen functional groups attached to an aromatic ring is 1. The van der Waals surface area contributed by atoms with Crippen molar-refractivity contribution in [3.05, 3.63) is 24.3 Å². The molecule has 0 radical (unpaired) electrons. The smallest absolute Gasteiger partial charge is 0.243 e. The van der Waals surface area contributed by atoms with Crippen LogP contribution in [0, 0.1) is 0 Å². The molecule has 0 spiro atoms. The van der Waals surface area contributed by atoms with E-state index in [1.807, 2.05) is 0 Å². The Morgan fingerprint density at radius 3 is 2.76 bits per heavy atom. The van der Waals surface area contributed by atoms with Gasteiger partial charge in [0.2, 0.25) is 21.1 Å². The van der Waals surface area contributed by atoms with E-state index in [0.717, 1.165) is 12.8 Å². The Hall–Kier alpha value is -1.69. The largest absolute Gasteiger partial charge is 0.374 e. The molecule has 8 nitrogen and oxygen atoms in total. The molecule has 0 bridgehead atoms. The lowest BCUT2D eigenvalue weighted by atomic mass is 10.3. The zero-order valence-electron chi connectivity index (χ0n) is 13.2. The summed E-state index contributed by atoms with van der Waals surface area (Å²) in [4.78, 5) is 12.2. The summed E-state index contributed by atoms with van der Waals surface area (Å²) in [5.41, 5.74) is 5.93. The van der Waals surface area contributed by atoms with Crippen molar-refractivity contribution >= 4 is 49.8 Å². The van der Waals surface area contributed by atoms with Gasteiger partial charge in [-0.3, -0.25) is 4.79 Å². The zero-order valence-corrected chi connectivity index (χ0v) is 15.7. The van der Waals surface area contributed by atoms with Crippen LogP contribution in [0.4, 0.5) is 10.8 Å². The quantitative estimate of drug-likeness (QED) is 0.709. The van der Waals surface area contributed by atoms with E-state index in [0.29, 0.717) is 28.2 Å². The van der Waals surface area contributed by atoms with Crippen LogP contribution in [-0.2, 0) is 14.8 Å². The summed E-state index contributed by atoms with van der Waals surface area (Å²) in [5.74, 6) is -0.118. The number of rotatable bonds is 6. The van der Waals surface area contributed by atoms with Crippen LogP contribution in [0.15, 0.2) is 33.5 Å². The summed E-state index contributed by atoms with van der Waals surface area (Å²) < 4.78 is 27.2. The lowest BCUT2D eigenvalue weighted by molar-refractivity contribution is -0.113. The molecule has 0 unspecified atom stereocenters. The first kappa shape index (κ1) is 18.1. The third-order valence-corrected chi connectivity index (χ3v) is 7.35. The molecule has 0 atom stereocenters. The third-order valence-electron chi connectivity index (χ3n) is 3.57. The van der Waals surface area contributed by atoms with Gasteiger partial charge in [0.05, 0.1) is 10.6 Å². The lowest BCUT2D eigenvalue weighted by Crippen LogP contribution is -2.28. The number of carbonyl (C=O) groups excluding carboxylic acids is 1. The summed E-state index contributed by atoms with van der Waals surface area (Å²) in [5, 5.41) is 10.6. The molecule has 25 heavy (non-hydrogen) atoms. The minimum Gasteiger partial charge on any atom is -0.374 e. The molecular formula is C14H17N5O3S3. The molecule has 0 aliphatic carbocycles. The van der Waals surface area contributed by atoms with E-state index in [1.54, 1.807) is 18.2 Å². The third kappa shape index (κ3) is 4.48. The number of anilines is 2. The molecule has 1 aliphatic heterocycles. The minimum absolute atomic E-state index is 0.137. The molecule has 1 aromatic heterocycles. The van der Waals surface area contributed by atoms with Gasteiger partial charge >= 0.3 is 0 Å². The number of nitrogens with two attached hydrogens (primary N) is 1. The number of sulfonamides is 1. The molecule has 1 aromatic carbocycles. The molecule has 1 amide bonds. The lowest BCUT2D eigenvalue weighted by Gasteiger charge is -2.16. The fourth-order valence-corrected chi connectivity index (χ4v) is 5.41. The maximum absolute atomic E-state index is 12.6. The molecular weight excluding hydrogens is 382 g/mol. The summed E-state index contributed by atoms with van der Waals surface area (Å²) in [7, 11) is -3.50. The molecule has 1 fully saturated rings. The predicted octanol–water partition coefficient (Wildman–Crippen LogP) is 1.64. The SMILES string of the molecule is Nc1nnc(SCC(=O)Nc2cccc(S(=O)(=O)N3CCCC3)c2)s1. The first-order chi connectivity index (χ1) is 11.9. The molecule has 134 valence electrons. The van der Waals surface area contributed by atoms with Crippen LogP contribution in [0.5, 0.6) is 0 Å². The molecule has 3 N–H and O–H groups in total. The molecule has 2 heterocycles. The average Bonchev–Trinajstić information content (AvgIpc) is 3.25. The number of amides is 1. The van der Waals surface area contributed by atoms with Crippen molar-refractivity contribution in [1.29, 1.82) is 0 Å². The molecule has 0 saturated carbocycles. The van der Waals surface area contributed by atoms with Crippen LogP contribution >= 0.6 is 23.1 Å². The summed E-state index contributed by atoms with van der Waals surface area (Å²) >= 11 is 2.43. The van der Waals surface area contributed by atoms with Crippen LogP contribution in [0.2, 0.25) is 0 Å². The van der Waals surface area contributed by atoms with Gasteiger partial charge in [0.25, 0.3) is 0 Å². The number of hydrogen-bond acceptors (Lipinski definition) is 8. The zero-order chi connectivity index (χ0) is 17.9. The Labute approximate surface area is 153 Å². The van der Waals surface area contributed by atoms with Gasteiger partial charge in [-0.2, -0.15) is 4.31 Å². The van der Waals surface area contributed by atoms with Crippen molar-refractivity contribution in [3.63, 3.8) is 0 Å². The van der Waals surface area contributed by atoms with Gasteiger partial charge in [0.1, 0.15) is 0 Å². The Balaban J connectivity index is 1.64. The fourth-order valence-electron chi connectivity index (χ4n) is 2.41. The number of hydrogen-bond donors (Lipinski definition) is 2. The second-order valence-electron chi connectivity index (χ2n) is 5.38. The van der Waals surface area contributed by atoms with E-state index in [4.69, 9.17) is 5.73 Å². The molecule has 3 rings (SSSR count). The second kappa shape index (κ2) is 7.68. The highest BCUT2D eigenvalue weighted by molar-refractivity contribution is 8.01. The Bertz CT molecular complexity index is 862. The second-order valence-corrected chi connectivity index (χ2v) is 9.55. The van der Waals surface area contributed by atoms with Gasteiger partial charge in [-0.15, -0.1) is 10.2 Å². The molecule has 2 aromatic rings. The topological polar surface area (TPSA) is 118 Å². The maximum atomic E-state index is 12.6. The molecule has 11 heteroatoms.